The number of benzene rings is 1. The molecule has 2 saturated heterocycles. The summed E-state index contributed by atoms with van der Waals surface area (Å²) >= 11 is 0. The number of fused-ring (bicyclic) bond motifs is 2. The van der Waals surface area contributed by atoms with Crippen molar-refractivity contribution in [1.29, 1.82) is 5.26 Å². The van der Waals surface area contributed by atoms with Gasteiger partial charge in [0.25, 0.3) is 0 Å². The van der Waals surface area contributed by atoms with Crippen LogP contribution in [0.4, 0.5) is 18.9 Å². The summed E-state index contributed by atoms with van der Waals surface area (Å²) in [5.74, 6) is 0.554. The summed E-state index contributed by atoms with van der Waals surface area (Å²) in [7, 11) is 0. The van der Waals surface area contributed by atoms with Crippen LogP contribution in [-0.4, -0.2) is 60.2 Å². The van der Waals surface area contributed by atoms with Gasteiger partial charge in [-0.1, -0.05) is 12.1 Å². The first-order valence-corrected chi connectivity index (χ1v) is 14.7. The number of nitriles is 1. The van der Waals surface area contributed by atoms with Crippen molar-refractivity contribution in [2.75, 3.05) is 44.2 Å². The van der Waals surface area contributed by atoms with Crippen LogP contribution in [0.5, 0.6) is 5.88 Å². The summed E-state index contributed by atoms with van der Waals surface area (Å²) in [6.07, 6.45) is 0.804. The largest absolute Gasteiger partial charge is 0.477 e. The van der Waals surface area contributed by atoms with Gasteiger partial charge in [-0.15, -0.1) is 0 Å². The number of pyridine rings is 2. The van der Waals surface area contributed by atoms with Gasteiger partial charge < -0.3 is 15.0 Å². The highest BCUT2D eigenvalue weighted by Gasteiger charge is 2.45. The Morgan fingerprint density at radius 3 is 2.69 bits per heavy atom. The van der Waals surface area contributed by atoms with Crippen molar-refractivity contribution in [2.24, 2.45) is 0 Å². The molecule has 3 aliphatic heterocycles. The Balaban J connectivity index is 1.33. The molecule has 1 spiro atoms. The second-order valence-electron chi connectivity index (χ2n) is 11.5. The Kier molecular flexibility index (Phi) is 7.81. The van der Waals surface area contributed by atoms with Crippen molar-refractivity contribution in [3.05, 3.63) is 71.0 Å². The Hall–Kier alpha value is -3.68. The SMILES string of the molecule is CCOc1ncccc1-c1ccc2c(n1)CN(C[C@H]1CCCN1)CC21CCN(c2cccc(C#N)c2C(F)(F)F)CC1. The monoisotopic (exact) mass is 576 g/mol. The minimum atomic E-state index is -4.60. The molecule has 0 amide bonds. The van der Waals surface area contributed by atoms with Gasteiger partial charge in [0.05, 0.1) is 46.4 Å². The van der Waals surface area contributed by atoms with Crippen LogP contribution in [0.25, 0.3) is 11.3 Å². The van der Waals surface area contributed by atoms with Gasteiger partial charge >= 0.3 is 6.18 Å². The highest BCUT2D eigenvalue weighted by Crippen LogP contribution is 2.45. The topological polar surface area (TPSA) is 77.3 Å². The number of halogens is 3. The number of nitrogens with one attached hydrogen (secondary N) is 1. The fourth-order valence-corrected chi connectivity index (χ4v) is 7.02. The third-order valence-electron chi connectivity index (χ3n) is 8.92. The van der Waals surface area contributed by atoms with Crippen molar-refractivity contribution in [3.63, 3.8) is 0 Å². The van der Waals surface area contributed by atoms with Crippen molar-refractivity contribution >= 4 is 5.69 Å². The fraction of sp³-hybridized carbons (Fsp3) is 0.469. The van der Waals surface area contributed by atoms with E-state index in [1.54, 1.807) is 23.2 Å². The zero-order chi connectivity index (χ0) is 29.3. The molecule has 2 fully saturated rings. The van der Waals surface area contributed by atoms with Gasteiger partial charge in [0.15, 0.2) is 0 Å². The van der Waals surface area contributed by atoms with E-state index in [1.807, 2.05) is 25.1 Å². The van der Waals surface area contributed by atoms with Gasteiger partial charge in [0, 0.05) is 50.4 Å². The van der Waals surface area contributed by atoms with Gasteiger partial charge in [-0.3, -0.25) is 9.88 Å². The maximum Gasteiger partial charge on any atom is 0.419 e. The number of anilines is 1. The predicted molar refractivity (Wildman–Crippen MR) is 154 cm³/mol. The zero-order valence-electron chi connectivity index (χ0n) is 23.8. The molecule has 0 bridgehead atoms. The molecule has 10 heteroatoms. The lowest BCUT2D eigenvalue weighted by molar-refractivity contribution is -0.137. The lowest BCUT2D eigenvalue weighted by Crippen LogP contribution is -2.54. The highest BCUT2D eigenvalue weighted by atomic mass is 19.4. The number of piperidine rings is 1. The van der Waals surface area contributed by atoms with Crippen LogP contribution in [0.1, 0.15) is 55.0 Å². The molecule has 0 aliphatic carbocycles. The van der Waals surface area contributed by atoms with Gasteiger partial charge in [-0.2, -0.15) is 18.4 Å². The average molecular weight is 577 g/mol. The van der Waals surface area contributed by atoms with E-state index in [-0.39, 0.29) is 16.7 Å². The van der Waals surface area contributed by atoms with E-state index in [2.05, 4.69) is 21.3 Å². The van der Waals surface area contributed by atoms with Crippen molar-refractivity contribution < 1.29 is 17.9 Å². The fourth-order valence-electron chi connectivity index (χ4n) is 7.02. The Morgan fingerprint density at radius 1 is 1.14 bits per heavy atom. The molecule has 6 rings (SSSR count). The number of rotatable bonds is 6. The van der Waals surface area contributed by atoms with Gasteiger partial charge in [0.2, 0.25) is 5.88 Å². The number of hydrogen-bond acceptors (Lipinski definition) is 7. The van der Waals surface area contributed by atoms with E-state index in [4.69, 9.17) is 9.72 Å². The molecule has 1 N–H and O–H groups in total. The number of ether oxygens (including phenoxy) is 1. The predicted octanol–water partition coefficient (Wildman–Crippen LogP) is 5.54. The van der Waals surface area contributed by atoms with Crippen molar-refractivity contribution in [3.8, 4) is 23.2 Å². The standard InChI is InChI=1S/C32H35F3N6O/c1-2-42-30-24(8-5-15-38-30)26-11-10-25-27(39-26)20-40(19-23-7-4-14-37-23)21-31(25)12-16-41(17-13-31)28-9-3-6-22(18-36)29(28)32(33,34)35/h3,5-6,8-11,15,23,37H,2,4,7,12-14,16-17,19-21H2,1H3/t23-/m1/s1. The maximum absolute atomic E-state index is 14.1. The Morgan fingerprint density at radius 2 is 1.98 bits per heavy atom. The third kappa shape index (κ3) is 5.43. The van der Waals surface area contributed by atoms with Crippen LogP contribution in [0, 0.1) is 11.3 Å². The highest BCUT2D eigenvalue weighted by molar-refractivity contribution is 5.66. The first-order chi connectivity index (χ1) is 20.3. The molecular weight excluding hydrogens is 541 g/mol. The van der Waals surface area contributed by atoms with Crippen LogP contribution in [0.3, 0.4) is 0 Å². The first kappa shape index (κ1) is 28.4. The van der Waals surface area contributed by atoms with E-state index < -0.39 is 11.7 Å². The molecule has 0 radical (unpaired) electrons. The van der Waals surface area contributed by atoms with Crippen LogP contribution in [-0.2, 0) is 18.1 Å². The van der Waals surface area contributed by atoms with E-state index in [0.29, 0.717) is 44.5 Å². The van der Waals surface area contributed by atoms with Crippen molar-refractivity contribution in [2.45, 2.75) is 56.8 Å². The van der Waals surface area contributed by atoms with Gasteiger partial charge in [-0.25, -0.2) is 4.98 Å². The summed E-state index contributed by atoms with van der Waals surface area (Å²) in [6.45, 7) is 6.87. The van der Waals surface area contributed by atoms with E-state index >= 15 is 0 Å². The van der Waals surface area contributed by atoms with Crippen molar-refractivity contribution in [1.82, 2.24) is 20.2 Å². The second-order valence-corrected chi connectivity index (χ2v) is 11.5. The molecule has 2 aromatic heterocycles. The lowest BCUT2D eigenvalue weighted by Gasteiger charge is -2.49. The number of aromatic nitrogens is 2. The average Bonchev–Trinajstić information content (AvgIpc) is 3.50. The lowest BCUT2D eigenvalue weighted by atomic mass is 9.69. The summed E-state index contributed by atoms with van der Waals surface area (Å²) in [5.41, 5.74) is 2.54. The second kappa shape index (κ2) is 11.5. The summed E-state index contributed by atoms with van der Waals surface area (Å²) in [6, 6.07) is 14.5. The number of alkyl halides is 3. The maximum atomic E-state index is 14.1. The van der Waals surface area contributed by atoms with Crippen LogP contribution in [0.15, 0.2) is 48.7 Å². The summed E-state index contributed by atoms with van der Waals surface area (Å²) < 4.78 is 48.0. The summed E-state index contributed by atoms with van der Waals surface area (Å²) in [5, 5.41) is 13.0. The third-order valence-corrected chi connectivity index (χ3v) is 8.92. The minimum Gasteiger partial charge on any atom is -0.477 e. The molecule has 3 aromatic rings. The van der Waals surface area contributed by atoms with Crippen LogP contribution < -0.4 is 15.0 Å². The van der Waals surface area contributed by atoms with Crippen LogP contribution in [0.2, 0.25) is 0 Å². The molecule has 0 unspecified atom stereocenters. The van der Waals surface area contributed by atoms with E-state index in [9.17, 15) is 18.4 Å². The first-order valence-electron chi connectivity index (χ1n) is 14.7. The molecule has 5 heterocycles. The minimum absolute atomic E-state index is 0.0907. The number of hydrogen-bond donors (Lipinski definition) is 1. The van der Waals surface area contributed by atoms with E-state index in [1.165, 1.54) is 24.1 Å². The zero-order valence-corrected chi connectivity index (χ0v) is 23.8. The smallest absolute Gasteiger partial charge is 0.419 e. The molecule has 42 heavy (non-hydrogen) atoms. The molecular formula is C32H35F3N6O. The normalized spacial score (nSPS) is 20.4. The molecule has 3 aliphatic rings. The Bertz CT molecular complexity index is 1470. The van der Waals surface area contributed by atoms with E-state index in [0.717, 1.165) is 49.6 Å². The molecule has 0 saturated carbocycles. The summed E-state index contributed by atoms with van der Waals surface area (Å²) in [4.78, 5) is 13.9. The van der Waals surface area contributed by atoms with Gasteiger partial charge in [-0.05, 0) is 75.0 Å². The Labute approximate surface area is 244 Å². The van der Waals surface area contributed by atoms with Crippen LogP contribution >= 0.6 is 0 Å². The molecule has 1 aromatic carbocycles. The quantitative estimate of drug-likeness (QED) is 0.413. The molecule has 220 valence electrons. The van der Waals surface area contributed by atoms with Gasteiger partial charge in [0.1, 0.15) is 0 Å². The number of nitrogens with zero attached hydrogens (tertiary/aromatic N) is 5. The molecule has 1 atom stereocenters. The molecule has 7 nitrogen and oxygen atoms in total.